The molecule has 0 aliphatic carbocycles. The van der Waals surface area contributed by atoms with Crippen LogP contribution in [0.4, 0.5) is 0 Å². The molecule has 0 spiro atoms. The Morgan fingerprint density at radius 3 is 2.41 bits per heavy atom. The lowest BCUT2D eigenvalue weighted by Gasteiger charge is -2.21. The van der Waals surface area contributed by atoms with Crippen molar-refractivity contribution < 1.29 is 9.35 Å². The average Bonchev–Trinajstić information content (AvgIpc) is 2.21. The van der Waals surface area contributed by atoms with Crippen LogP contribution in [0.25, 0.3) is 0 Å². The Bertz CT molecular complexity index is 217. The third-order valence-corrected chi connectivity index (χ3v) is 3.43. The van der Waals surface area contributed by atoms with Gasteiger partial charge in [-0.1, -0.05) is 18.1 Å². The van der Waals surface area contributed by atoms with Gasteiger partial charge in [0, 0.05) is 18.6 Å². The first-order valence-electron chi connectivity index (χ1n) is 6.22. The molecule has 0 aromatic rings. The lowest BCUT2D eigenvalue weighted by atomic mass is 10.1. The van der Waals surface area contributed by atoms with Gasteiger partial charge in [-0.25, -0.2) is 0 Å². The molecule has 17 heavy (non-hydrogen) atoms. The minimum atomic E-state index is -0.904. The normalized spacial score (nSPS) is 13.5. The van der Waals surface area contributed by atoms with Crippen LogP contribution >= 0.6 is 0 Å². The molecule has 0 saturated heterocycles. The zero-order valence-corrected chi connectivity index (χ0v) is 12.3. The largest absolute Gasteiger partial charge is 0.616 e. The van der Waals surface area contributed by atoms with Gasteiger partial charge in [0.05, 0.1) is 6.42 Å². The van der Waals surface area contributed by atoms with Crippen molar-refractivity contribution in [2.75, 3.05) is 24.6 Å². The van der Waals surface area contributed by atoms with Gasteiger partial charge in [-0.3, -0.25) is 4.79 Å². The van der Waals surface area contributed by atoms with Gasteiger partial charge in [-0.15, -0.1) is 0 Å². The molecule has 102 valence electrons. The second-order valence-corrected chi connectivity index (χ2v) is 6.82. The van der Waals surface area contributed by atoms with Gasteiger partial charge in [-0.05, 0) is 27.2 Å². The molecular weight excluding hydrogens is 236 g/mol. The fourth-order valence-corrected chi connectivity index (χ4v) is 2.15. The number of amides is 1. The third kappa shape index (κ3) is 12.0. The number of carbonyl (C=O) groups excluding carboxylic acids is 1. The van der Waals surface area contributed by atoms with Crippen LogP contribution < -0.4 is 10.6 Å². The van der Waals surface area contributed by atoms with Gasteiger partial charge >= 0.3 is 0 Å². The van der Waals surface area contributed by atoms with Crippen molar-refractivity contribution in [2.45, 2.75) is 46.1 Å². The third-order valence-electron chi connectivity index (χ3n) is 2.11. The second-order valence-electron chi connectivity index (χ2n) is 5.12. The molecule has 0 aliphatic heterocycles. The summed E-state index contributed by atoms with van der Waals surface area (Å²) in [6, 6.07) is 0. The van der Waals surface area contributed by atoms with E-state index < -0.39 is 11.2 Å². The van der Waals surface area contributed by atoms with E-state index in [4.69, 9.17) is 0 Å². The standard InChI is InChI=1S/C12H26N2O2S/c1-5-7-13-11(15)6-9-17(16)10-8-14-12(2,3)4/h14H,5-10H2,1-4H3,(H,13,15). The number of nitrogens with one attached hydrogen (secondary N) is 2. The summed E-state index contributed by atoms with van der Waals surface area (Å²) in [5.74, 6) is 1.07. The summed E-state index contributed by atoms with van der Waals surface area (Å²) in [6.45, 7) is 9.68. The number of hydrogen-bond donors (Lipinski definition) is 2. The van der Waals surface area contributed by atoms with Crippen LogP contribution in [0.1, 0.15) is 40.5 Å². The van der Waals surface area contributed by atoms with Crippen LogP contribution in [0, 0.1) is 0 Å². The summed E-state index contributed by atoms with van der Waals surface area (Å²) in [7, 11) is 0. The molecule has 0 aromatic heterocycles. The Hall–Kier alpha value is -0.260. The lowest BCUT2D eigenvalue weighted by Crippen LogP contribution is -2.39. The average molecular weight is 262 g/mol. The molecule has 0 aliphatic rings. The van der Waals surface area contributed by atoms with Crippen LogP contribution in [-0.4, -0.2) is 40.6 Å². The Balaban J connectivity index is 3.52. The molecule has 0 aromatic carbocycles. The molecule has 1 unspecified atom stereocenters. The first-order valence-corrected chi connectivity index (χ1v) is 7.70. The zero-order valence-electron chi connectivity index (χ0n) is 11.5. The van der Waals surface area contributed by atoms with Crippen molar-refractivity contribution in [3.63, 3.8) is 0 Å². The number of carbonyl (C=O) groups is 1. The molecule has 0 saturated carbocycles. The van der Waals surface area contributed by atoms with Crippen molar-refractivity contribution in [1.29, 1.82) is 0 Å². The van der Waals surface area contributed by atoms with Gasteiger partial charge in [0.15, 0.2) is 0 Å². The molecule has 4 nitrogen and oxygen atoms in total. The Morgan fingerprint density at radius 1 is 1.24 bits per heavy atom. The maximum Gasteiger partial charge on any atom is 0.224 e. The lowest BCUT2D eigenvalue weighted by molar-refractivity contribution is -0.120. The number of hydrogen-bond acceptors (Lipinski definition) is 3. The molecule has 0 heterocycles. The molecular formula is C12H26N2O2S. The summed E-state index contributed by atoms with van der Waals surface area (Å²) < 4.78 is 11.6. The molecule has 5 heteroatoms. The van der Waals surface area contributed by atoms with E-state index in [1.54, 1.807) is 0 Å². The SMILES string of the molecule is CCCNC(=O)CC[S+]([O-])CCNC(C)(C)C. The summed E-state index contributed by atoms with van der Waals surface area (Å²) in [5.41, 5.74) is 0.0582. The summed E-state index contributed by atoms with van der Waals surface area (Å²) in [4.78, 5) is 11.3. The fourth-order valence-electron chi connectivity index (χ4n) is 1.20. The quantitative estimate of drug-likeness (QED) is 0.642. The van der Waals surface area contributed by atoms with Crippen LogP contribution in [0.3, 0.4) is 0 Å². The highest BCUT2D eigenvalue weighted by molar-refractivity contribution is 7.91. The van der Waals surface area contributed by atoms with Crippen molar-refractivity contribution in [3.05, 3.63) is 0 Å². The number of rotatable bonds is 8. The summed E-state index contributed by atoms with van der Waals surface area (Å²) >= 11 is -0.904. The van der Waals surface area contributed by atoms with Crippen LogP contribution in [0.5, 0.6) is 0 Å². The second kappa shape index (κ2) is 8.78. The Kier molecular flexibility index (Phi) is 8.64. The van der Waals surface area contributed by atoms with Gasteiger partial charge < -0.3 is 15.2 Å². The molecule has 0 bridgehead atoms. The van der Waals surface area contributed by atoms with Crippen molar-refractivity contribution in [3.8, 4) is 0 Å². The van der Waals surface area contributed by atoms with Crippen molar-refractivity contribution in [1.82, 2.24) is 10.6 Å². The van der Waals surface area contributed by atoms with E-state index in [1.807, 2.05) is 6.92 Å². The zero-order chi connectivity index (χ0) is 13.3. The van der Waals surface area contributed by atoms with Crippen LogP contribution in [0.2, 0.25) is 0 Å². The maximum atomic E-state index is 11.6. The molecule has 1 amide bonds. The minimum Gasteiger partial charge on any atom is -0.616 e. The van der Waals surface area contributed by atoms with E-state index in [0.29, 0.717) is 24.5 Å². The maximum absolute atomic E-state index is 11.6. The highest BCUT2D eigenvalue weighted by Crippen LogP contribution is 1.99. The van der Waals surface area contributed by atoms with Gasteiger partial charge in [0.2, 0.25) is 5.91 Å². The van der Waals surface area contributed by atoms with E-state index in [2.05, 4.69) is 31.4 Å². The van der Waals surface area contributed by atoms with E-state index >= 15 is 0 Å². The van der Waals surface area contributed by atoms with Crippen molar-refractivity contribution >= 4 is 17.1 Å². The fraction of sp³-hybridized carbons (Fsp3) is 0.917. The molecule has 1 atom stereocenters. The van der Waals surface area contributed by atoms with E-state index in [1.165, 1.54) is 0 Å². The van der Waals surface area contributed by atoms with E-state index in [9.17, 15) is 9.35 Å². The Morgan fingerprint density at radius 2 is 1.88 bits per heavy atom. The summed E-state index contributed by atoms with van der Waals surface area (Å²) in [5, 5.41) is 6.06. The van der Waals surface area contributed by atoms with Gasteiger partial charge in [-0.2, -0.15) is 0 Å². The highest BCUT2D eigenvalue weighted by atomic mass is 32.2. The van der Waals surface area contributed by atoms with Gasteiger partial charge in [0.1, 0.15) is 11.5 Å². The van der Waals surface area contributed by atoms with E-state index in [0.717, 1.165) is 13.0 Å². The first kappa shape index (κ1) is 16.7. The monoisotopic (exact) mass is 262 g/mol. The molecule has 0 radical (unpaired) electrons. The first-order chi connectivity index (χ1) is 7.85. The predicted molar refractivity (Wildman–Crippen MR) is 73.5 cm³/mol. The minimum absolute atomic E-state index is 0.00369. The van der Waals surface area contributed by atoms with Gasteiger partial charge in [0.25, 0.3) is 0 Å². The Labute approximate surface area is 108 Å². The molecule has 0 fully saturated rings. The molecule has 2 N–H and O–H groups in total. The summed E-state index contributed by atoms with van der Waals surface area (Å²) in [6.07, 6.45) is 1.30. The molecule has 0 rings (SSSR count). The van der Waals surface area contributed by atoms with Crippen molar-refractivity contribution in [2.24, 2.45) is 0 Å². The van der Waals surface area contributed by atoms with E-state index in [-0.39, 0.29) is 11.4 Å². The van der Waals surface area contributed by atoms with Crippen LogP contribution in [0.15, 0.2) is 0 Å². The highest BCUT2D eigenvalue weighted by Gasteiger charge is 2.12. The predicted octanol–water partition coefficient (Wildman–Crippen LogP) is 1.04. The topological polar surface area (TPSA) is 64.2 Å². The smallest absolute Gasteiger partial charge is 0.224 e. The van der Waals surface area contributed by atoms with Crippen LogP contribution in [-0.2, 0) is 16.0 Å².